The van der Waals surface area contributed by atoms with Gasteiger partial charge in [0.1, 0.15) is 0 Å². The van der Waals surface area contributed by atoms with Crippen LogP contribution in [0.1, 0.15) is 0 Å². The minimum atomic E-state index is -4.91. The van der Waals surface area contributed by atoms with Crippen LogP contribution in [0.2, 0.25) is 5.02 Å². The zero-order valence-corrected chi connectivity index (χ0v) is 17.5. The molecule has 0 heterocycles. The van der Waals surface area contributed by atoms with Gasteiger partial charge >= 0.3 is 74.3 Å². The molecule has 6 nitrogen and oxygen atoms in total. The Hall–Kier alpha value is 2.16. The number of hydrogen-bond donors (Lipinski definition) is 4. The van der Waals surface area contributed by atoms with Gasteiger partial charge in [-0.05, 0) is 24.3 Å². The Balaban J connectivity index is 0. The van der Waals surface area contributed by atoms with E-state index in [0.29, 0.717) is 21.7 Å². The topological polar surface area (TPSA) is 115 Å². The quantitative estimate of drug-likeness (QED) is 0.245. The van der Waals surface area contributed by atoms with Crippen molar-refractivity contribution in [2.24, 2.45) is 0 Å². The van der Waals surface area contributed by atoms with Gasteiger partial charge in [-0.15, -0.1) is 0 Å². The fraction of sp³-hybridized carbons (Fsp3) is 0.143. The van der Waals surface area contributed by atoms with Gasteiger partial charge in [0.05, 0.1) is 0 Å². The van der Waals surface area contributed by atoms with Crippen LogP contribution in [0.3, 0.4) is 0 Å². The standard InChI is InChI=1S/C7H9ClO6P2S.2Na/c8-5-1-3-6(4-2-5)17-7(15(9,10)11)16(12,13)14;;/h1-4,7H,(H2,9,10,11)(H2,12,13,14);;/q;2*+1. The Bertz CT molecular complexity index is 467. The molecule has 0 saturated heterocycles. The first-order chi connectivity index (χ1) is 7.60. The Morgan fingerprint density at radius 1 is 0.947 bits per heavy atom. The van der Waals surface area contributed by atoms with Gasteiger partial charge in [-0.1, -0.05) is 23.4 Å². The number of halogens is 1. The number of thioether (sulfide) groups is 1. The summed E-state index contributed by atoms with van der Waals surface area (Å²) in [6, 6.07) is 5.76. The zero-order valence-electron chi connectivity index (χ0n) is 10.2. The molecule has 0 atom stereocenters. The average Bonchev–Trinajstić information content (AvgIpc) is 2.13. The molecule has 1 rings (SSSR count). The van der Waals surface area contributed by atoms with Crippen molar-refractivity contribution in [1.29, 1.82) is 0 Å². The van der Waals surface area contributed by atoms with Crippen molar-refractivity contribution in [2.45, 2.75) is 9.63 Å². The Morgan fingerprint density at radius 2 is 1.32 bits per heavy atom. The van der Waals surface area contributed by atoms with Gasteiger partial charge in [0.15, 0.2) is 0 Å². The Labute approximate surface area is 163 Å². The van der Waals surface area contributed by atoms with Crippen molar-refractivity contribution < 1.29 is 87.8 Å². The van der Waals surface area contributed by atoms with Gasteiger partial charge in [0.25, 0.3) is 0 Å². The van der Waals surface area contributed by atoms with Crippen LogP contribution in [0.4, 0.5) is 0 Å². The van der Waals surface area contributed by atoms with E-state index in [1.165, 1.54) is 24.3 Å². The van der Waals surface area contributed by atoms with E-state index in [0.717, 1.165) is 0 Å². The molecule has 1 aromatic rings. The Kier molecular flexibility index (Phi) is 11.5. The molecule has 0 unspecified atom stereocenters. The summed E-state index contributed by atoms with van der Waals surface area (Å²) in [6.45, 7) is 0. The van der Waals surface area contributed by atoms with Crippen LogP contribution in [-0.2, 0) is 9.13 Å². The fourth-order valence-corrected chi connectivity index (χ4v) is 5.03. The molecule has 0 amide bonds. The molecule has 0 aliphatic carbocycles. The normalized spacial score (nSPS) is 11.7. The van der Waals surface area contributed by atoms with Crippen molar-refractivity contribution in [1.82, 2.24) is 0 Å². The fourth-order valence-electron chi connectivity index (χ4n) is 0.968. The summed E-state index contributed by atoms with van der Waals surface area (Å²) in [4.78, 5) is 35.9. The number of benzene rings is 1. The molecule has 0 aliphatic heterocycles. The maximum atomic E-state index is 11.0. The molecule has 1 aromatic carbocycles. The van der Waals surface area contributed by atoms with Crippen molar-refractivity contribution >= 4 is 38.6 Å². The third kappa shape index (κ3) is 8.38. The van der Waals surface area contributed by atoms with Crippen LogP contribution in [0, 0.1) is 0 Å². The summed E-state index contributed by atoms with van der Waals surface area (Å²) in [5, 5.41) is 0.415. The first kappa shape index (κ1) is 23.4. The zero-order chi connectivity index (χ0) is 13.3. The summed E-state index contributed by atoms with van der Waals surface area (Å²) in [7, 11) is -9.82. The molecule has 12 heteroatoms. The third-order valence-electron chi connectivity index (χ3n) is 1.63. The van der Waals surface area contributed by atoms with Gasteiger partial charge < -0.3 is 19.6 Å². The van der Waals surface area contributed by atoms with E-state index >= 15 is 0 Å². The number of rotatable bonds is 4. The Morgan fingerprint density at radius 3 is 1.63 bits per heavy atom. The van der Waals surface area contributed by atoms with Crippen LogP contribution in [0.25, 0.3) is 0 Å². The minimum absolute atomic E-state index is 0. The predicted octanol–water partition coefficient (Wildman–Crippen LogP) is -3.92. The van der Waals surface area contributed by atoms with E-state index in [4.69, 9.17) is 31.2 Å². The molecule has 4 N–H and O–H groups in total. The molecule has 19 heavy (non-hydrogen) atoms. The summed E-state index contributed by atoms with van der Waals surface area (Å²) >= 11 is 6.04. The maximum absolute atomic E-state index is 11.0. The summed E-state index contributed by atoms with van der Waals surface area (Å²) < 4.78 is 19.9. The van der Waals surface area contributed by atoms with E-state index in [1.807, 2.05) is 0 Å². The van der Waals surface area contributed by atoms with Gasteiger partial charge in [-0.25, -0.2) is 0 Å². The van der Waals surface area contributed by atoms with E-state index in [-0.39, 0.29) is 59.1 Å². The monoisotopic (exact) mass is 364 g/mol. The second-order valence-corrected chi connectivity index (χ2v) is 9.19. The SMILES string of the molecule is O=P(O)(O)C(Sc1ccc(Cl)cc1)P(=O)(O)O.[Na+].[Na+]. The molecule has 0 spiro atoms. The second-order valence-electron chi connectivity index (χ2n) is 3.08. The molecular weight excluding hydrogens is 356 g/mol. The first-order valence-electron chi connectivity index (χ1n) is 4.13. The van der Waals surface area contributed by atoms with Crippen LogP contribution >= 0.6 is 38.6 Å². The average molecular weight is 365 g/mol. The molecular formula is C7H9ClNa2O6P2S+2. The van der Waals surface area contributed by atoms with E-state index in [2.05, 4.69) is 0 Å². The van der Waals surface area contributed by atoms with Crippen molar-refractivity contribution in [3.63, 3.8) is 0 Å². The summed E-state index contributed by atoms with van der Waals surface area (Å²) in [5.41, 5.74) is 0. The largest absolute Gasteiger partial charge is 1.00 e. The molecule has 0 radical (unpaired) electrons. The van der Waals surface area contributed by atoms with Crippen LogP contribution in [0.5, 0.6) is 0 Å². The minimum Gasteiger partial charge on any atom is -0.323 e. The van der Waals surface area contributed by atoms with E-state index < -0.39 is 19.9 Å². The molecule has 96 valence electrons. The molecule has 0 saturated carbocycles. The smallest absolute Gasteiger partial charge is 0.323 e. The van der Waals surface area contributed by atoms with Crippen LogP contribution < -0.4 is 59.1 Å². The maximum Gasteiger partial charge on any atom is 1.00 e. The van der Waals surface area contributed by atoms with Crippen molar-refractivity contribution in [3.8, 4) is 0 Å². The van der Waals surface area contributed by atoms with Crippen molar-refractivity contribution in [3.05, 3.63) is 29.3 Å². The first-order valence-corrected chi connectivity index (χ1v) is 8.75. The van der Waals surface area contributed by atoms with E-state index in [1.54, 1.807) is 0 Å². The van der Waals surface area contributed by atoms with Gasteiger partial charge in [-0.3, -0.25) is 9.13 Å². The van der Waals surface area contributed by atoms with Crippen LogP contribution in [-0.4, -0.2) is 24.3 Å². The van der Waals surface area contributed by atoms with Gasteiger partial charge in [0.2, 0.25) is 4.73 Å². The van der Waals surface area contributed by atoms with E-state index in [9.17, 15) is 9.13 Å². The predicted molar refractivity (Wildman–Crippen MR) is 65.2 cm³/mol. The number of hydrogen-bond acceptors (Lipinski definition) is 3. The van der Waals surface area contributed by atoms with Gasteiger partial charge in [-0.2, -0.15) is 0 Å². The molecule has 0 aromatic heterocycles. The molecule has 0 bridgehead atoms. The summed E-state index contributed by atoms with van der Waals surface area (Å²) in [6.07, 6.45) is 0. The second kappa shape index (κ2) is 9.33. The van der Waals surface area contributed by atoms with Crippen molar-refractivity contribution in [2.75, 3.05) is 0 Å². The van der Waals surface area contributed by atoms with Crippen LogP contribution in [0.15, 0.2) is 29.2 Å². The molecule has 0 fully saturated rings. The summed E-state index contributed by atoms with van der Waals surface area (Å²) in [5.74, 6) is 0. The molecule has 0 aliphatic rings. The third-order valence-corrected chi connectivity index (χ3v) is 7.87. The van der Waals surface area contributed by atoms with Gasteiger partial charge in [0, 0.05) is 9.92 Å².